The van der Waals surface area contributed by atoms with Crippen molar-refractivity contribution in [2.24, 2.45) is 0 Å². The Kier molecular flexibility index (Phi) is 6.39. The molecule has 9 heteroatoms. The minimum atomic E-state index is -0.162. The van der Waals surface area contributed by atoms with E-state index in [1.54, 1.807) is 6.92 Å². The van der Waals surface area contributed by atoms with Crippen LogP contribution in [0.3, 0.4) is 0 Å². The van der Waals surface area contributed by atoms with Crippen molar-refractivity contribution < 1.29 is 14.3 Å². The average molecular weight is 503 g/mol. The minimum absolute atomic E-state index is 0.0662. The summed E-state index contributed by atoms with van der Waals surface area (Å²) >= 11 is 0. The fraction of sp³-hybridized carbons (Fsp3) is 0.536. The number of pyridine rings is 2. The molecule has 194 valence electrons. The summed E-state index contributed by atoms with van der Waals surface area (Å²) in [5.74, 6) is 7.26. The van der Waals surface area contributed by atoms with Crippen LogP contribution in [-0.4, -0.2) is 84.2 Å². The van der Waals surface area contributed by atoms with Crippen LogP contribution in [0.5, 0.6) is 5.75 Å². The fourth-order valence-electron chi connectivity index (χ4n) is 5.94. The maximum atomic E-state index is 12.0. The van der Waals surface area contributed by atoms with Gasteiger partial charge in [0.2, 0.25) is 0 Å². The summed E-state index contributed by atoms with van der Waals surface area (Å²) in [7, 11) is 0. The second kappa shape index (κ2) is 9.84. The number of aryl methyl sites for hydroxylation is 1. The predicted molar refractivity (Wildman–Crippen MR) is 141 cm³/mol. The minimum Gasteiger partial charge on any atom is -0.482 e. The molecule has 1 amide bonds. The topological polar surface area (TPSA) is 83.1 Å². The van der Waals surface area contributed by atoms with Gasteiger partial charge in [-0.15, -0.1) is 0 Å². The summed E-state index contributed by atoms with van der Waals surface area (Å²) in [5, 5.41) is 3.60. The zero-order valence-electron chi connectivity index (χ0n) is 21.8. The molecule has 3 fully saturated rings. The Bertz CT molecular complexity index is 1260. The third kappa shape index (κ3) is 4.49. The normalized spacial score (nSPS) is 23.5. The van der Waals surface area contributed by atoms with Gasteiger partial charge in [-0.1, -0.05) is 5.92 Å². The van der Waals surface area contributed by atoms with Crippen LogP contribution in [0.1, 0.15) is 49.2 Å². The zero-order chi connectivity index (χ0) is 25.5. The van der Waals surface area contributed by atoms with E-state index in [-0.39, 0.29) is 12.0 Å². The van der Waals surface area contributed by atoms with Gasteiger partial charge in [-0.2, -0.15) is 0 Å². The smallest absolute Gasteiger partial charge is 0.298 e. The molecule has 2 aromatic rings. The Labute approximate surface area is 218 Å². The van der Waals surface area contributed by atoms with Crippen molar-refractivity contribution in [3.63, 3.8) is 0 Å². The quantitative estimate of drug-likeness (QED) is 0.642. The lowest BCUT2D eigenvalue weighted by Crippen LogP contribution is -2.60. The number of anilines is 3. The molecule has 0 spiro atoms. The van der Waals surface area contributed by atoms with Crippen LogP contribution >= 0.6 is 0 Å². The largest absolute Gasteiger partial charge is 0.482 e. The van der Waals surface area contributed by atoms with Gasteiger partial charge >= 0.3 is 0 Å². The summed E-state index contributed by atoms with van der Waals surface area (Å²) in [6.45, 7) is 12.5. The van der Waals surface area contributed by atoms with Gasteiger partial charge in [0.05, 0.1) is 30.2 Å². The van der Waals surface area contributed by atoms with Crippen molar-refractivity contribution in [2.45, 2.75) is 45.3 Å². The summed E-state index contributed by atoms with van der Waals surface area (Å²) in [5.41, 5.74) is 5.13. The highest BCUT2D eigenvalue weighted by molar-refractivity contribution is 5.94. The van der Waals surface area contributed by atoms with Crippen molar-refractivity contribution in [3.8, 4) is 17.6 Å². The molecule has 3 saturated heterocycles. The number of likely N-dealkylation sites (tertiary alicyclic amines) is 2. The zero-order valence-corrected chi connectivity index (χ0v) is 21.8. The molecule has 0 saturated carbocycles. The van der Waals surface area contributed by atoms with Gasteiger partial charge in [-0.3, -0.25) is 14.7 Å². The van der Waals surface area contributed by atoms with Gasteiger partial charge in [0.15, 0.2) is 5.75 Å². The van der Waals surface area contributed by atoms with Crippen LogP contribution in [0.25, 0.3) is 0 Å². The van der Waals surface area contributed by atoms with Crippen molar-refractivity contribution in [3.05, 3.63) is 35.3 Å². The molecule has 2 atom stereocenters. The van der Waals surface area contributed by atoms with Crippen LogP contribution in [0, 0.1) is 18.8 Å². The highest BCUT2D eigenvalue weighted by Gasteiger charge is 2.38. The molecule has 0 bridgehead atoms. The first kappa shape index (κ1) is 24.0. The van der Waals surface area contributed by atoms with E-state index in [4.69, 9.17) is 19.4 Å². The molecule has 2 aromatic heterocycles. The van der Waals surface area contributed by atoms with Crippen molar-refractivity contribution in [2.75, 3.05) is 62.7 Å². The Morgan fingerprint density at radius 3 is 2.78 bits per heavy atom. The van der Waals surface area contributed by atoms with Gasteiger partial charge in [-0.25, -0.2) is 4.98 Å². The van der Waals surface area contributed by atoms with Gasteiger partial charge in [0.1, 0.15) is 11.9 Å². The van der Waals surface area contributed by atoms with Crippen LogP contribution in [0.4, 0.5) is 17.2 Å². The molecule has 0 aliphatic carbocycles. The first-order valence-electron chi connectivity index (χ1n) is 13.2. The molecule has 0 unspecified atom stereocenters. The number of carbonyl (C=O) groups excluding carboxylic acids is 1. The standard InChI is InChI=1S/C28H34N6O3/c1-4-5-25(35)34-16-21(17-34)33-9-7-20(15-33)22-14-23-27(18(2)30-22)37-19(3)26-24(6-8-29-28(26)31-23)32-10-12-36-13-11-32/h6,8,14,19-21H,7,9-13,15-17H2,1-3H3,(H,29,31)/t19-,20+/m0/s1. The lowest BCUT2D eigenvalue weighted by molar-refractivity contribution is -0.131. The number of hydrogen-bond acceptors (Lipinski definition) is 8. The Balaban J connectivity index is 1.21. The highest BCUT2D eigenvalue weighted by Crippen LogP contribution is 2.44. The molecule has 1 N–H and O–H groups in total. The number of carbonyl (C=O) groups is 1. The molecule has 4 aliphatic rings. The number of nitrogens with zero attached hydrogens (tertiary/aromatic N) is 5. The first-order chi connectivity index (χ1) is 18.0. The van der Waals surface area contributed by atoms with Gasteiger partial charge in [0, 0.05) is 62.3 Å². The van der Waals surface area contributed by atoms with Crippen LogP contribution in [-0.2, 0) is 9.53 Å². The third-order valence-electron chi connectivity index (χ3n) is 7.97. The number of hydrogen-bond donors (Lipinski definition) is 1. The second-order valence-corrected chi connectivity index (χ2v) is 10.3. The van der Waals surface area contributed by atoms with Gasteiger partial charge < -0.3 is 24.6 Å². The number of nitrogens with one attached hydrogen (secondary N) is 1. The summed E-state index contributed by atoms with van der Waals surface area (Å²) in [6, 6.07) is 4.64. The van der Waals surface area contributed by atoms with E-state index < -0.39 is 0 Å². The Morgan fingerprint density at radius 2 is 2.00 bits per heavy atom. The van der Waals surface area contributed by atoms with Gasteiger partial charge in [-0.05, 0) is 51.8 Å². The monoisotopic (exact) mass is 502 g/mol. The Hall–Kier alpha value is -3.35. The third-order valence-corrected chi connectivity index (χ3v) is 7.97. The molecule has 0 aromatic carbocycles. The van der Waals surface area contributed by atoms with E-state index in [2.05, 4.69) is 46.0 Å². The van der Waals surface area contributed by atoms with Crippen molar-refractivity contribution in [1.29, 1.82) is 0 Å². The van der Waals surface area contributed by atoms with E-state index in [1.165, 1.54) is 0 Å². The molecule has 6 heterocycles. The summed E-state index contributed by atoms with van der Waals surface area (Å²) < 4.78 is 12.1. The fourth-order valence-corrected chi connectivity index (χ4v) is 5.94. The van der Waals surface area contributed by atoms with Gasteiger partial charge in [0.25, 0.3) is 5.91 Å². The second-order valence-electron chi connectivity index (χ2n) is 10.3. The number of aromatic nitrogens is 2. The van der Waals surface area contributed by atoms with Crippen molar-refractivity contribution >= 4 is 23.1 Å². The molecule has 6 rings (SSSR count). The summed E-state index contributed by atoms with van der Waals surface area (Å²) in [4.78, 5) is 28.4. The van der Waals surface area contributed by atoms with Crippen LogP contribution < -0.4 is 15.0 Å². The predicted octanol–water partition coefficient (Wildman–Crippen LogP) is 2.84. The number of fused-ring (bicyclic) bond motifs is 2. The summed E-state index contributed by atoms with van der Waals surface area (Å²) in [6.07, 6.45) is 2.76. The SMILES string of the molecule is CC#CC(=O)N1CC(N2CC[C@@H](c3cc4c(c(C)n3)O[C@@H](C)c3c(N5CCOCC5)ccnc3N4)C2)C1. The van der Waals surface area contributed by atoms with Crippen LogP contribution in [0.2, 0.25) is 0 Å². The lowest BCUT2D eigenvalue weighted by Gasteiger charge is -2.43. The maximum absolute atomic E-state index is 12.0. The first-order valence-corrected chi connectivity index (χ1v) is 13.2. The van der Waals surface area contributed by atoms with E-state index in [9.17, 15) is 4.79 Å². The average Bonchev–Trinajstić information content (AvgIpc) is 3.29. The van der Waals surface area contributed by atoms with Crippen LogP contribution in [0.15, 0.2) is 18.3 Å². The molecular formula is C28H34N6O3. The van der Waals surface area contributed by atoms with E-state index in [0.29, 0.717) is 12.0 Å². The number of ether oxygens (including phenoxy) is 2. The van der Waals surface area contributed by atoms with E-state index >= 15 is 0 Å². The Morgan fingerprint density at radius 1 is 1.19 bits per heavy atom. The van der Waals surface area contributed by atoms with E-state index in [1.807, 2.05) is 18.0 Å². The maximum Gasteiger partial charge on any atom is 0.298 e. The number of rotatable bonds is 3. The molecule has 4 aliphatic heterocycles. The molecule has 9 nitrogen and oxygen atoms in total. The number of amides is 1. The van der Waals surface area contributed by atoms with Crippen molar-refractivity contribution in [1.82, 2.24) is 19.8 Å². The molecular weight excluding hydrogens is 468 g/mol. The molecule has 0 radical (unpaired) electrons. The lowest BCUT2D eigenvalue weighted by atomic mass is 10.0. The highest BCUT2D eigenvalue weighted by atomic mass is 16.5. The number of morpholine rings is 1. The van der Waals surface area contributed by atoms with E-state index in [0.717, 1.165) is 98.8 Å². The molecule has 37 heavy (non-hydrogen) atoms.